The highest BCUT2D eigenvalue weighted by Crippen LogP contribution is 2.52. The number of benzene rings is 2. The Morgan fingerprint density at radius 1 is 0.935 bits per heavy atom. The van der Waals surface area contributed by atoms with E-state index in [0.29, 0.717) is 35.8 Å². The van der Waals surface area contributed by atoms with Gasteiger partial charge in [-0.1, -0.05) is 51.7 Å². The first-order valence-corrected chi connectivity index (χ1v) is 11.6. The van der Waals surface area contributed by atoms with Crippen LogP contribution in [0.15, 0.2) is 18.2 Å². The Bertz CT molecular complexity index is 933. The monoisotopic (exact) mass is 432 g/mol. The van der Waals surface area contributed by atoms with Crippen LogP contribution in [-0.4, -0.2) is 19.3 Å². The van der Waals surface area contributed by atoms with Gasteiger partial charge in [-0.25, -0.2) is 8.78 Å². The molecule has 0 spiro atoms. The lowest BCUT2D eigenvalue weighted by Gasteiger charge is -2.30. The molecular formula is C26H31F3O2. The van der Waals surface area contributed by atoms with Crippen molar-refractivity contribution in [1.82, 2.24) is 0 Å². The molecule has 31 heavy (non-hydrogen) atoms. The van der Waals surface area contributed by atoms with Crippen molar-refractivity contribution in [2.24, 2.45) is 5.92 Å². The SMILES string of the molecule is CCCCCC1CCC(COc2cc3c(c(F)c2F)-c2c-3ccc(CCC)c2F)CO1. The van der Waals surface area contributed by atoms with Crippen LogP contribution in [0.5, 0.6) is 5.75 Å². The van der Waals surface area contributed by atoms with Crippen molar-refractivity contribution in [2.75, 3.05) is 13.2 Å². The van der Waals surface area contributed by atoms with Crippen molar-refractivity contribution >= 4 is 0 Å². The first kappa shape index (κ1) is 22.2. The van der Waals surface area contributed by atoms with Gasteiger partial charge >= 0.3 is 0 Å². The molecule has 5 heteroatoms. The van der Waals surface area contributed by atoms with E-state index in [9.17, 15) is 13.2 Å². The van der Waals surface area contributed by atoms with Gasteiger partial charge in [-0.3, -0.25) is 0 Å². The average Bonchev–Trinajstić information content (AvgIpc) is 2.76. The molecule has 1 aliphatic heterocycles. The Kier molecular flexibility index (Phi) is 6.90. The first-order chi connectivity index (χ1) is 15.0. The summed E-state index contributed by atoms with van der Waals surface area (Å²) in [7, 11) is 0. The Labute approximate surface area is 182 Å². The minimum atomic E-state index is -1.04. The van der Waals surface area contributed by atoms with Crippen LogP contribution < -0.4 is 4.74 Å². The summed E-state index contributed by atoms with van der Waals surface area (Å²) in [6, 6.07) is 5.03. The lowest BCUT2D eigenvalue weighted by Crippen LogP contribution is -2.29. The van der Waals surface area contributed by atoms with Gasteiger partial charge in [-0.05, 0) is 48.4 Å². The van der Waals surface area contributed by atoms with Crippen molar-refractivity contribution in [2.45, 2.75) is 71.3 Å². The van der Waals surface area contributed by atoms with Crippen LogP contribution in [0.4, 0.5) is 13.2 Å². The summed E-state index contributed by atoms with van der Waals surface area (Å²) < 4.78 is 55.9. The van der Waals surface area contributed by atoms with Gasteiger partial charge in [0.25, 0.3) is 0 Å². The van der Waals surface area contributed by atoms with Gasteiger partial charge in [-0.2, -0.15) is 4.39 Å². The molecule has 1 heterocycles. The topological polar surface area (TPSA) is 18.5 Å². The Balaban J connectivity index is 1.41. The van der Waals surface area contributed by atoms with E-state index in [4.69, 9.17) is 9.47 Å². The quantitative estimate of drug-likeness (QED) is 0.327. The molecule has 168 valence electrons. The minimum absolute atomic E-state index is 0.0335. The molecule has 0 bridgehead atoms. The molecule has 0 aromatic heterocycles. The lowest BCUT2D eigenvalue weighted by molar-refractivity contribution is -0.0317. The average molecular weight is 433 g/mol. The van der Waals surface area contributed by atoms with Crippen molar-refractivity contribution < 1.29 is 22.6 Å². The van der Waals surface area contributed by atoms with Gasteiger partial charge in [0.05, 0.1) is 19.3 Å². The largest absolute Gasteiger partial charge is 0.490 e. The van der Waals surface area contributed by atoms with Crippen LogP contribution in [0.2, 0.25) is 0 Å². The summed E-state index contributed by atoms with van der Waals surface area (Å²) in [5, 5.41) is 0. The van der Waals surface area contributed by atoms with E-state index in [1.165, 1.54) is 25.3 Å². The third-order valence-corrected chi connectivity index (χ3v) is 6.52. The van der Waals surface area contributed by atoms with Gasteiger partial charge in [0.1, 0.15) is 5.82 Å². The highest BCUT2D eigenvalue weighted by molar-refractivity contribution is 6.03. The molecule has 0 amide bonds. The fraction of sp³-hybridized carbons (Fsp3) is 0.538. The van der Waals surface area contributed by atoms with Crippen molar-refractivity contribution in [1.29, 1.82) is 0 Å². The summed E-state index contributed by atoms with van der Waals surface area (Å²) in [6.07, 6.45) is 8.29. The molecule has 1 aliphatic carbocycles. The predicted molar refractivity (Wildman–Crippen MR) is 117 cm³/mol. The molecule has 0 N–H and O–H groups in total. The molecule has 1 fully saturated rings. The van der Waals surface area contributed by atoms with E-state index in [1.54, 1.807) is 12.1 Å². The number of unbranched alkanes of at least 4 members (excludes halogenated alkanes) is 2. The highest BCUT2D eigenvalue weighted by Gasteiger charge is 2.34. The van der Waals surface area contributed by atoms with E-state index in [1.807, 2.05) is 6.92 Å². The van der Waals surface area contributed by atoms with Crippen LogP contribution in [0.1, 0.15) is 64.4 Å². The maximum atomic E-state index is 14.8. The van der Waals surface area contributed by atoms with Gasteiger partial charge in [0.2, 0.25) is 5.82 Å². The number of hydrogen-bond acceptors (Lipinski definition) is 2. The Morgan fingerprint density at radius 3 is 2.45 bits per heavy atom. The second-order valence-electron chi connectivity index (χ2n) is 8.84. The summed E-state index contributed by atoms with van der Waals surface area (Å²) in [6.45, 7) is 5.01. The zero-order chi connectivity index (χ0) is 22.0. The van der Waals surface area contributed by atoms with Gasteiger partial charge < -0.3 is 9.47 Å². The number of hydrogen-bond donors (Lipinski definition) is 0. The molecule has 2 atom stereocenters. The molecule has 0 radical (unpaired) electrons. The fourth-order valence-electron chi connectivity index (χ4n) is 4.70. The fourth-order valence-corrected chi connectivity index (χ4v) is 4.70. The molecule has 1 saturated heterocycles. The molecule has 0 saturated carbocycles. The summed E-state index contributed by atoms with van der Waals surface area (Å²) >= 11 is 0. The number of aryl methyl sites for hydroxylation is 1. The molecule has 2 aliphatic rings. The first-order valence-electron chi connectivity index (χ1n) is 11.6. The second-order valence-corrected chi connectivity index (χ2v) is 8.84. The van der Waals surface area contributed by atoms with Crippen molar-refractivity contribution in [3.05, 3.63) is 41.2 Å². The summed E-state index contributed by atoms with van der Waals surface area (Å²) in [5.74, 6) is -2.45. The number of halogens is 3. The van der Waals surface area contributed by atoms with Crippen LogP contribution >= 0.6 is 0 Å². The normalized spacial score (nSPS) is 19.5. The van der Waals surface area contributed by atoms with E-state index in [0.717, 1.165) is 25.7 Å². The molecule has 4 rings (SSSR count). The van der Waals surface area contributed by atoms with E-state index < -0.39 is 17.5 Å². The maximum Gasteiger partial charge on any atom is 0.201 e. The van der Waals surface area contributed by atoms with Crippen molar-refractivity contribution in [3.63, 3.8) is 0 Å². The molecule has 2 aromatic rings. The molecule has 2 nitrogen and oxygen atoms in total. The van der Waals surface area contributed by atoms with E-state index >= 15 is 0 Å². The minimum Gasteiger partial charge on any atom is -0.490 e. The third kappa shape index (κ3) is 4.34. The van der Waals surface area contributed by atoms with Gasteiger partial charge in [0.15, 0.2) is 11.6 Å². The van der Waals surface area contributed by atoms with Gasteiger partial charge in [-0.15, -0.1) is 0 Å². The summed E-state index contributed by atoms with van der Waals surface area (Å²) in [5.41, 5.74) is 1.90. The molecule has 2 unspecified atom stereocenters. The Hall–Kier alpha value is -2.01. The highest BCUT2D eigenvalue weighted by atomic mass is 19.2. The number of ether oxygens (including phenoxy) is 2. The predicted octanol–water partition coefficient (Wildman–Crippen LogP) is 7.46. The number of fused-ring (bicyclic) bond motifs is 4. The van der Waals surface area contributed by atoms with Crippen LogP contribution in [0, 0.1) is 23.4 Å². The Morgan fingerprint density at radius 2 is 1.74 bits per heavy atom. The molecule has 2 aromatic carbocycles. The molecular weight excluding hydrogens is 401 g/mol. The van der Waals surface area contributed by atoms with Crippen molar-refractivity contribution in [3.8, 4) is 28.0 Å². The lowest BCUT2D eigenvalue weighted by atomic mass is 9.78. The van der Waals surface area contributed by atoms with E-state index in [-0.39, 0.29) is 29.4 Å². The van der Waals surface area contributed by atoms with E-state index in [2.05, 4.69) is 6.92 Å². The standard InChI is InChI=1S/C26H31F3O2/c1-3-5-6-8-18-11-9-16(14-30-18)15-31-21-13-20-19-12-10-17(7-4-2)24(27)22(19)23(20)26(29)25(21)28/h10,12-13,16,18H,3-9,11,14-15H2,1-2H3. The van der Waals surface area contributed by atoms with Gasteiger partial charge in [0, 0.05) is 17.0 Å². The smallest absolute Gasteiger partial charge is 0.201 e. The van der Waals surface area contributed by atoms with Crippen LogP contribution in [-0.2, 0) is 11.2 Å². The third-order valence-electron chi connectivity index (χ3n) is 6.52. The van der Waals surface area contributed by atoms with Crippen LogP contribution in [0.25, 0.3) is 22.3 Å². The number of rotatable bonds is 9. The maximum absolute atomic E-state index is 14.8. The van der Waals surface area contributed by atoms with Crippen LogP contribution in [0.3, 0.4) is 0 Å². The summed E-state index contributed by atoms with van der Waals surface area (Å²) in [4.78, 5) is 0. The zero-order valence-electron chi connectivity index (χ0n) is 18.4. The second kappa shape index (κ2) is 9.64. The zero-order valence-corrected chi connectivity index (χ0v) is 18.4.